The first-order valence-corrected chi connectivity index (χ1v) is 6.77. The molecule has 0 aromatic heterocycles. The smallest absolute Gasteiger partial charge is 0.253 e. The highest BCUT2D eigenvalue weighted by atomic mass is 35.5. The van der Waals surface area contributed by atoms with Gasteiger partial charge in [0.2, 0.25) is 0 Å². The van der Waals surface area contributed by atoms with E-state index in [2.05, 4.69) is 5.32 Å². The van der Waals surface area contributed by atoms with Gasteiger partial charge in [0.05, 0.1) is 0 Å². The van der Waals surface area contributed by atoms with E-state index < -0.39 is 0 Å². The average molecular weight is 324 g/mol. The Morgan fingerprint density at radius 3 is 2.26 bits per heavy atom. The van der Waals surface area contributed by atoms with Crippen molar-refractivity contribution >= 4 is 41.5 Å². The summed E-state index contributed by atoms with van der Waals surface area (Å²) in [7, 11) is 1.84. The highest BCUT2D eigenvalue weighted by molar-refractivity contribution is 6.35. The fraction of sp³-hybridized carbons (Fsp3) is 0.462. The maximum absolute atomic E-state index is 12.3. The summed E-state index contributed by atoms with van der Waals surface area (Å²) in [4.78, 5) is 14.1. The van der Waals surface area contributed by atoms with Crippen molar-refractivity contribution < 1.29 is 4.79 Å². The zero-order chi connectivity index (χ0) is 13.1. The maximum Gasteiger partial charge on any atom is 0.253 e. The fourth-order valence-corrected chi connectivity index (χ4v) is 2.77. The highest BCUT2D eigenvalue weighted by Crippen LogP contribution is 2.21. The third kappa shape index (κ3) is 4.25. The van der Waals surface area contributed by atoms with Gasteiger partial charge in [-0.05, 0) is 44.1 Å². The van der Waals surface area contributed by atoms with Crippen molar-refractivity contribution in [3.63, 3.8) is 0 Å². The van der Waals surface area contributed by atoms with Crippen molar-refractivity contribution in [2.24, 2.45) is 0 Å². The molecular formula is C13H17Cl3N2O. The molecule has 1 heterocycles. The van der Waals surface area contributed by atoms with E-state index >= 15 is 0 Å². The van der Waals surface area contributed by atoms with E-state index in [4.69, 9.17) is 23.2 Å². The lowest BCUT2D eigenvalue weighted by Gasteiger charge is -2.31. The van der Waals surface area contributed by atoms with Crippen LogP contribution in [0.2, 0.25) is 10.0 Å². The Bertz CT molecular complexity index is 427. The summed E-state index contributed by atoms with van der Waals surface area (Å²) < 4.78 is 0. The van der Waals surface area contributed by atoms with Crippen LogP contribution in [-0.2, 0) is 0 Å². The molecular weight excluding hydrogens is 307 g/mol. The summed E-state index contributed by atoms with van der Waals surface area (Å²) >= 11 is 11.8. The Hall–Kier alpha value is -0.480. The molecule has 0 atom stereocenters. The predicted octanol–water partition coefficient (Wildman–Crippen LogP) is 3.24. The number of benzene rings is 1. The van der Waals surface area contributed by atoms with Gasteiger partial charge in [-0.15, -0.1) is 12.4 Å². The Morgan fingerprint density at radius 2 is 1.74 bits per heavy atom. The molecule has 1 aliphatic rings. The number of carbonyl (C=O) groups is 1. The van der Waals surface area contributed by atoms with Crippen LogP contribution in [0, 0.1) is 0 Å². The molecule has 0 spiro atoms. The van der Waals surface area contributed by atoms with E-state index in [0.717, 1.165) is 25.9 Å². The molecule has 1 aliphatic heterocycles. The van der Waals surface area contributed by atoms with Crippen LogP contribution in [0.5, 0.6) is 0 Å². The lowest BCUT2D eigenvalue weighted by atomic mass is 10.0. The number of amides is 1. The molecule has 1 aromatic carbocycles. The van der Waals surface area contributed by atoms with Gasteiger partial charge in [-0.2, -0.15) is 0 Å². The van der Waals surface area contributed by atoms with Crippen LogP contribution in [0.25, 0.3) is 0 Å². The summed E-state index contributed by atoms with van der Waals surface area (Å²) in [6, 6.07) is 5.24. The minimum Gasteiger partial charge on any atom is -0.339 e. The van der Waals surface area contributed by atoms with Crippen LogP contribution >= 0.6 is 35.6 Å². The van der Waals surface area contributed by atoms with Crippen molar-refractivity contribution in [3.8, 4) is 0 Å². The van der Waals surface area contributed by atoms with Gasteiger partial charge in [0.15, 0.2) is 0 Å². The van der Waals surface area contributed by atoms with Gasteiger partial charge < -0.3 is 10.2 Å². The number of carbonyl (C=O) groups excluding carboxylic acids is 1. The predicted molar refractivity (Wildman–Crippen MR) is 81.7 cm³/mol. The Balaban J connectivity index is 0.00000180. The van der Waals surface area contributed by atoms with Gasteiger partial charge in [0.1, 0.15) is 0 Å². The Labute approximate surface area is 129 Å². The van der Waals surface area contributed by atoms with Crippen molar-refractivity contribution in [2.45, 2.75) is 18.9 Å². The van der Waals surface area contributed by atoms with Gasteiger partial charge in [0, 0.05) is 28.7 Å². The third-order valence-electron chi connectivity index (χ3n) is 3.29. The highest BCUT2D eigenvalue weighted by Gasteiger charge is 2.23. The minimum atomic E-state index is -0.0219. The number of halogens is 3. The normalized spacial score (nSPS) is 15.7. The molecule has 1 fully saturated rings. The van der Waals surface area contributed by atoms with Crippen LogP contribution in [0.15, 0.2) is 18.2 Å². The summed E-state index contributed by atoms with van der Waals surface area (Å²) in [5.41, 5.74) is 0.550. The molecule has 0 unspecified atom stereocenters. The Morgan fingerprint density at radius 1 is 1.21 bits per heavy atom. The first-order valence-electron chi connectivity index (χ1n) is 6.02. The second-order valence-corrected chi connectivity index (χ2v) is 5.43. The van der Waals surface area contributed by atoms with Gasteiger partial charge in [0.25, 0.3) is 5.91 Å². The second kappa shape index (κ2) is 7.34. The molecule has 2 rings (SSSR count). The number of piperidine rings is 1. The van der Waals surface area contributed by atoms with Crippen molar-refractivity contribution in [3.05, 3.63) is 33.8 Å². The monoisotopic (exact) mass is 322 g/mol. The third-order valence-corrected chi connectivity index (χ3v) is 3.72. The van der Waals surface area contributed by atoms with Gasteiger partial charge >= 0.3 is 0 Å². The van der Waals surface area contributed by atoms with Gasteiger partial charge in [-0.25, -0.2) is 0 Å². The molecule has 6 heteroatoms. The van der Waals surface area contributed by atoms with Crippen LogP contribution < -0.4 is 5.32 Å². The molecule has 1 N–H and O–H groups in total. The molecule has 0 radical (unpaired) electrons. The zero-order valence-electron chi connectivity index (χ0n) is 10.7. The van der Waals surface area contributed by atoms with E-state index in [-0.39, 0.29) is 24.4 Å². The van der Waals surface area contributed by atoms with Crippen LogP contribution in [-0.4, -0.2) is 37.0 Å². The van der Waals surface area contributed by atoms with E-state index in [9.17, 15) is 4.79 Å². The van der Waals surface area contributed by atoms with E-state index in [1.807, 2.05) is 7.05 Å². The lowest BCUT2D eigenvalue weighted by Crippen LogP contribution is -2.43. The minimum absolute atomic E-state index is 0. The van der Waals surface area contributed by atoms with Crippen LogP contribution in [0.1, 0.15) is 23.2 Å². The van der Waals surface area contributed by atoms with Gasteiger partial charge in [-0.1, -0.05) is 23.2 Å². The number of hydrogen-bond donors (Lipinski definition) is 1. The summed E-state index contributed by atoms with van der Waals surface area (Å²) in [6.45, 7) is 1.91. The molecule has 0 bridgehead atoms. The molecule has 3 nitrogen and oxygen atoms in total. The standard InChI is InChI=1S/C13H16Cl2N2O.ClH/c1-17(12-2-4-16-5-3-12)13(18)9-6-10(14)8-11(15)7-9;/h6-8,12,16H,2-5H2,1H3;1H. The van der Waals surface area contributed by atoms with E-state index in [0.29, 0.717) is 15.6 Å². The topological polar surface area (TPSA) is 32.3 Å². The SMILES string of the molecule is CN(C(=O)c1cc(Cl)cc(Cl)c1)C1CCNCC1.Cl. The number of nitrogens with zero attached hydrogens (tertiary/aromatic N) is 1. The van der Waals surface area contributed by atoms with Crippen LogP contribution in [0.4, 0.5) is 0 Å². The average Bonchev–Trinajstić information content (AvgIpc) is 2.37. The molecule has 1 aromatic rings. The number of hydrogen-bond acceptors (Lipinski definition) is 2. The number of nitrogens with one attached hydrogen (secondary N) is 1. The number of rotatable bonds is 2. The maximum atomic E-state index is 12.3. The molecule has 1 amide bonds. The summed E-state index contributed by atoms with van der Waals surface area (Å²) in [6.07, 6.45) is 1.97. The first-order chi connectivity index (χ1) is 8.58. The largest absolute Gasteiger partial charge is 0.339 e. The zero-order valence-corrected chi connectivity index (χ0v) is 13.0. The summed E-state index contributed by atoms with van der Waals surface area (Å²) in [5.74, 6) is -0.0219. The first kappa shape index (κ1) is 16.6. The fourth-order valence-electron chi connectivity index (χ4n) is 2.24. The lowest BCUT2D eigenvalue weighted by molar-refractivity contribution is 0.0703. The van der Waals surface area contributed by atoms with Gasteiger partial charge in [-0.3, -0.25) is 4.79 Å². The molecule has 106 valence electrons. The molecule has 19 heavy (non-hydrogen) atoms. The van der Waals surface area contributed by atoms with Crippen molar-refractivity contribution in [1.29, 1.82) is 0 Å². The summed E-state index contributed by atoms with van der Waals surface area (Å²) in [5, 5.41) is 4.27. The van der Waals surface area contributed by atoms with Crippen LogP contribution in [0.3, 0.4) is 0 Å². The van der Waals surface area contributed by atoms with Crippen molar-refractivity contribution in [1.82, 2.24) is 10.2 Å². The molecule has 0 aliphatic carbocycles. The Kier molecular flexibility index (Phi) is 6.40. The van der Waals surface area contributed by atoms with E-state index in [1.54, 1.807) is 23.1 Å². The quantitative estimate of drug-likeness (QED) is 0.906. The molecule has 1 saturated heterocycles. The molecule has 0 saturated carbocycles. The second-order valence-electron chi connectivity index (χ2n) is 4.56. The van der Waals surface area contributed by atoms with E-state index in [1.165, 1.54) is 0 Å². The van der Waals surface area contributed by atoms with Crippen molar-refractivity contribution in [2.75, 3.05) is 20.1 Å².